The molecule has 0 unspecified atom stereocenters. The third kappa shape index (κ3) is 5.22. The first-order valence-electron chi connectivity index (χ1n) is 11.4. The summed E-state index contributed by atoms with van der Waals surface area (Å²) in [5.41, 5.74) is 1.03. The van der Waals surface area contributed by atoms with E-state index in [4.69, 9.17) is 9.90 Å². The van der Waals surface area contributed by atoms with Gasteiger partial charge in [0, 0.05) is 31.6 Å². The molecule has 1 amide bonds. The van der Waals surface area contributed by atoms with Crippen molar-refractivity contribution in [3.63, 3.8) is 0 Å². The molecular formula is C24H36N2O4. The number of hydrogen-bond donors (Lipinski definition) is 2. The second kappa shape index (κ2) is 10.9. The summed E-state index contributed by atoms with van der Waals surface area (Å²) in [5, 5.41) is 17.5. The van der Waals surface area contributed by atoms with Crippen LogP contribution in [0.4, 0.5) is 0 Å². The Morgan fingerprint density at radius 2 is 1.90 bits per heavy atom. The van der Waals surface area contributed by atoms with Gasteiger partial charge in [-0.05, 0) is 49.6 Å². The molecule has 3 saturated heterocycles. The molecule has 0 aromatic heterocycles. The molecule has 3 heterocycles. The number of carbonyl (C=O) groups is 2. The Kier molecular flexibility index (Phi) is 8.28. The first-order valence-corrected chi connectivity index (χ1v) is 11.4. The maximum Gasteiger partial charge on any atom is 0.290 e. The fourth-order valence-electron chi connectivity index (χ4n) is 5.92. The lowest BCUT2D eigenvalue weighted by atomic mass is 9.71. The molecule has 5 atom stereocenters. The molecule has 6 heteroatoms. The van der Waals surface area contributed by atoms with Gasteiger partial charge in [0.2, 0.25) is 0 Å². The van der Waals surface area contributed by atoms with Gasteiger partial charge < -0.3 is 15.1 Å². The molecule has 0 aliphatic carbocycles. The highest BCUT2D eigenvalue weighted by molar-refractivity contribution is 5.81. The molecule has 0 saturated carbocycles. The predicted molar refractivity (Wildman–Crippen MR) is 116 cm³/mol. The number of aliphatic hydroxyl groups excluding tert-OH is 1. The highest BCUT2D eigenvalue weighted by Crippen LogP contribution is 2.42. The fraction of sp³-hybridized carbons (Fsp3) is 0.667. The second-order valence-corrected chi connectivity index (χ2v) is 8.97. The maximum atomic E-state index is 13.0. The zero-order valence-corrected chi connectivity index (χ0v) is 18.0. The van der Waals surface area contributed by atoms with Crippen LogP contribution >= 0.6 is 0 Å². The summed E-state index contributed by atoms with van der Waals surface area (Å²) in [6.45, 7) is 4.93. The van der Waals surface area contributed by atoms with E-state index in [0.29, 0.717) is 30.3 Å². The van der Waals surface area contributed by atoms with Crippen LogP contribution in [0.3, 0.4) is 0 Å². The van der Waals surface area contributed by atoms with Crippen molar-refractivity contribution in [3.05, 3.63) is 35.9 Å². The molecule has 4 rings (SSSR count). The Bertz CT molecular complexity index is 683. The van der Waals surface area contributed by atoms with Gasteiger partial charge in [-0.15, -0.1) is 0 Å². The number of rotatable bonds is 5. The minimum Gasteiger partial charge on any atom is -0.483 e. The zero-order chi connectivity index (χ0) is 21.5. The van der Waals surface area contributed by atoms with Gasteiger partial charge >= 0.3 is 0 Å². The number of nitrogens with zero attached hydrogens (tertiary/aromatic N) is 2. The van der Waals surface area contributed by atoms with Gasteiger partial charge in [-0.3, -0.25) is 14.5 Å². The molecule has 3 aliphatic heterocycles. The van der Waals surface area contributed by atoms with E-state index >= 15 is 0 Å². The van der Waals surface area contributed by atoms with Crippen LogP contribution in [0.15, 0.2) is 30.3 Å². The van der Waals surface area contributed by atoms with Crippen molar-refractivity contribution in [1.29, 1.82) is 0 Å². The number of carbonyl (C=O) groups excluding carboxylic acids is 1. The van der Waals surface area contributed by atoms with E-state index in [1.54, 1.807) is 0 Å². The van der Waals surface area contributed by atoms with E-state index in [2.05, 4.69) is 11.8 Å². The van der Waals surface area contributed by atoms with Crippen molar-refractivity contribution in [3.8, 4) is 0 Å². The Balaban J connectivity index is 0.000000806. The molecule has 6 nitrogen and oxygen atoms in total. The summed E-state index contributed by atoms with van der Waals surface area (Å²) in [6, 6.07) is 11.1. The molecule has 1 aromatic carbocycles. The minimum absolute atomic E-state index is 0.0620. The predicted octanol–water partition coefficient (Wildman–Crippen LogP) is 2.79. The molecule has 1 aromatic rings. The molecule has 166 valence electrons. The third-order valence-corrected chi connectivity index (χ3v) is 7.07. The topological polar surface area (TPSA) is 81.1 Å². The average Bonchev–Trinajstić information content (AvgIpc) is 2.77. The number of likely N-dealkylation sites (tertiary alicyclic amines) is 1. The van der Waals surface area contributed by atoms with Crippen LogP contribution in [0.2, 0.25) is 0 Å². The van der Waals surface area contributed by atoms with Crippen molar-refractivity contribution in [2.24, 2.45) is 11.8 Å². The lowest BCUT2D eigenvalue weighted by Crippen LogP contribution is -2.64. The number of carboxylic acid groups (broad SMARTS) is 1. The second-order valence-electron chi connectivity index (χ2n) is 8.97. The van der Waals surface area contributed by atoms with Gasteiger partial charge in [0.25, 0.3) is 12.4 Å². The van der Waals surface area contributed by atoms with Crippen molar-refractivity contribution < 1.29 is 19.8 Å². The molecule has 0 radical (unpaired) electrons. The zero-order valence-electron chi connectivity index (χ0n) is 18.0. The summed E-state index contributed by atoms with van der Waals surface area (Å²) in [6.07, 6.45) is 7.15. The van der Waals surface area contributed by atoms with Crippen molar-refractivity contribution in [1.82, 2.24) is 9.80 Å². The smallest absolute Gasteiger partial charge is 0.290 e. The largest absolute Gasteiger partial charge is 0.483 e. The van der Waals surface area contributed by atoms with Gasteiger partial charge in [0.05, 0.1) is 0 Å². The number of aliphatic hydroxyl groups is 1. The Morgan fingerprint density at radius 3 is 2.60 bits per heavy atom. The number of amides is 1. The number of fused-ring (bicyclic) bond motifs is 4. The normalized spacial score (nSPS) is 29.2. The van der Waals surface area contributed by atoms with E-state index in [1.165, 1.54) is 45.1 Å². The van der Waals surface area contributed by atoms with Crippen LogP contribution < -0.4 is 0 Å². The van der Waals surface area contributed by atoms with Crippen LogP contribution in [0.1, 0.15) is 51.0 Å². The Labute approximate surface area is 179 Å². The van der Waals surface area contributed by atoms with Gasteiger partial charge in [-0.25, -0.2) is 0 Å². The fourth-order valence-corrected chi connectivity index (χ4v) is 5.92. The van der Waals surface area contributed by atoms with Crippen molar-refractivity contribution in [2.45, 2.75) is 70.1 Å². The molecule has 2 bridgehead atoms. The highest BCUT2D eigenvalue weighted by Gasteiger charge is 2.47. The maximum absolute atomic E-state index is 13.0. The summed E-state index contributed by atoms with van der Waals surface area (Å²) in [5.74, 6) is 1.10. The molecule has 3 aliphatic rings. The van der Waals surface area contributed by atoms with Crippen molar-refractivity contribution in [2.75, 3.05) is 19.6 Å². The molecule has 30 heavy (non-hydrogen) atoms. The molecular weight excluding hydrogens is 380 g/mol. The summed E-state index contributed by atoms with van der Waals surface area (Å²) in [4.78, 5) is 26.2. The van der Waals surface area contributed by atoms with Gasteiger partial charge in [0.15, 0.2) is 0 Å². The van der Waals surface area contributed by atoms with Crippen LogP contribution in [0, 0.1) is 11.8 Å². The number of piperidine rings is 3. The van der Waals surface area contributed by atoms with E-state index in [0.717, 1.165) is 18.7 Å². The molecule has 0 spiro atoms. The van der Waals surface area contributed by atoms with Crippen LogP contribution in [-0.4, -0.2) is 70.2 Å². The van der Waals surface area contributed by atoms with Crippen LogP contribution in [0.5, 0.6) is 0 Å². The Morgan fingerprint density at radius 1 is 1.20 bits per heavy atom. The number of hydrogen-bond acceptors (Lipinski definition) is 4. The summed E-state index contributed by atoms with van der Waals surface area (Å²) in [7, 11) is 0. The van der Waals surface area contributed by atoms with E-state index in [1.807, 2.05) is 35.2 Å². The van der Waals surface area contributed by atoms with Gasteiger partial charge in [-0.2, -0.15) is 0 Å². The minimum atomic E-state index is -0.918. The summed E-state index contributed by atoms with van der Waals surface area (Å²) < 4.78 is 0. The van der Waals surface area contributed by atoms with Crippen molar-refractivity contribution >= 4 is 12.4 Å². The molecule has 2 N–H and O–H groups in total. The van der Waals surface area contributed by atoms with Gasteiger partial charge in [-0.1, -0.05) is 50.1 Å². The standard InChI is InChI=1S/C23H34N2O2.CH2O2/c1-2-8-20-18-14-19(21-11-6-7-12-25(20)21)16-24(15-18)23(27)22(26)13-17-9-4-3-5-10-17;2-1-3/h3-5,9-10,18-22,26H,2,6-8,11-16H2,1H3;1H,(H,2,3)/t18-,19+,20-,21-,22-;/m0./s1. The monoisotopic (exact) mass is 416 g/mol. The highest BCUT2D eigenvalue weighted by atomic mass is 16.3. The lowest BCUT2D eigenvalue weighted by molar-refractivity contribution is -0.149. The average molecular weight is 417 g/mol. The van der Waals surface area contributed by atoms with Crippen LogP contribution in [-0.2, 0) is 16.0 Å². The first kappa shape index (κ1) is 22.8. The quantitative estimate of drug-likeness (QED) is 0.722. The lowest BCUT2D eigenvalue weighted by Gasteiger charge is -2.57. The Hall–Kier alpha value is -1.92. The van der Waals surface area contributed by atoms with Crippen LogP contribution in [0.25, 0.3) is 0 Å². The van der Waals surface area contributed by atoms with Gasteiger partial charge in [0.1, 0.15) is 6.10 Å². The van der Waals surface area contributed by atoms with E-state index in [-0.39, 0.29) is 12.4 Å². The van der Waals surface area contributed by atoms with E-state index < -0.39 is 6.10 Å². The molecule has 3 fully saturated rings. The third-order valence-electron chi connectivity index (χ3n) is 7.07. The number of benzene rings is 1. The first-order chi connectivity index (χ1) is 14.6. The SMILES string of the molecule is CCC[C@H]1[C@H]2C[C@H](CN(C(=O)[C@@H](O)Cc3ccccc3)C2)[C@@H]2CCCCN21.O=CO. The van der Waals surface area contributed by atoms with E-state index in [9.17, 15) is 9.90 Å². The summed E-state index contributed by atoms with van der Waals surface area (Å²) >= 11 is 0.